The fourth-order valence-corrected chi connectivity index (χ4v) is 2.46. The zero-order valence-corrected chi connectivity index (χ0v) is 14.1. The minimum atomic E-state index is -0.793. The van der Waals surface area contributed by atoms with E-state index in [1.165, 1.54) is 25.1 Å². The average Bonchev–Trinajstić information content (AvgIpc) is 2.53. The van der Waals surface area contributed by atoms with Crippen LogP contribution in [0.5, 0.6) is 0 Å². The molecule has 0 aromatic heterocycles. The van der Waals surface area contributed by atoms with E-state index in [0.29, 0.717) is 11.3 Å². The van der Waals surface area contributed by atoms with E-state index in [0.717, 1.165) is 0 Å². The molecule has 0 fully saturated rings. The summed E-state index contributed by atoms with van der Waals surface area (Å²) in [6.45, 7) is 0.917. The van der Waals surface area contributed by atoms with Crippen molar-refractivity contribution in [3.63, 3.8) is 0 Å². The van der Waals surface area contributed by atoms with E-state index in [9.17, 15) is 14.4 Å². The maximum atomic E-state index is 12.0. The van der Waals surface area contributed by atoms with Crippen molar-refractivity contribution in [1.29, 1.82) is 0 Å². The van der Waals surface area contributed by atoms with E-state index < -0.39 is 18.5 Å². The minimum absolute atomic E-state index is 0.00668. The first-order chi connectivity index (χ1) is 11.4. The smallest absolute Gasteiger partial charge is 0.341 e. The molecule has 0 atom stereocenters. The highest BCUT2D eigenvalue weighted by molar-refractivity contribution is 6.39. The molecule has 0 aliphatic heterocycles. The lowest BCUT2D eigenvalue weighted by Gasteiger charge is -2.09. The van der Waals surface area contributed by atoms with Crippen LogP contribution in [0.25, 0.3) is 0 Å². The molecule has 1 amide bonds. The molecule has 7 heteroatoms. The molecule has 0 saturated heterocycles. The second-order valence-corrected chi connectivity index (χ2v) is 5.67. The quantitative estimate of drug-likeness (QED) is 0.642. The molecule has 0 saturated carbocycles. The summed E-state index contributed by atoms with van der Waals surface area (Å²) >= 11 is 11.8. The maximum Gasteiger partial charge on any atom is 0.341 e. The molecule has 0 radical (unpaired) electrons. The molecule has 0 unspecified atom stereocenters. The lowest BCUT2D eigenvalue weighted by Crippen LogP contribution is -2.21. The van der Waals surface area contributed by atoms with Crippen molar-refractivity contribution >= 4 is 46.5 Å². The number of carbonyl (C=O) groups excluding carboxylic acids is 3. The third-order valence-corrected chi connectivity index (χ3v) is 3.68. The van der Waals surface area contributed by atoms with Gasteiger partial charge in [0.2, 0.25) is 0 Å². The number of rotatable bonds is 5. The first kappa shape index (κ1) is 18.0. The monoisotopic (exact) mass is 365 g/mol. The Morgan fingerprint density at radius 2 is 1.67 bits per heavy atom. The maximum absolute atomic E-state index is 12.0. The molecule has 5 nitrogen and oxygen atoms in total. The second-order valence-electron chi connectivity index (χ2n) is 4.86. The molecular formula is C17H13Cl2NO4. The van der Waals surface area contributed by atoms with Gasteiger partial charge in [-0.2, -0.15) is 0 Å². The summed E-state index contributed by atoms with van der Waals surface area (Å²) < 4.78 is 4.91. The number of ketones is 1. The summed E-state index contributed by atoms with van der Waals surface area (Å²) in [5, 5.41) is 2.82. The van der Waals surface area contributed by atoms with E-state index in [-0.39, 0.29) is 21.4 Å². The number of amides is 1. The summed E-state index contributed by atoms with van der Waals surface area (Å²) in [6.07, 6.45) is 0. The van der Waals surface area contributed by atoms with Crippen molar-refractivity contribution in [3.8, 4) is 0 Å². The Labute approximate surface area is 148 Å². The predicted octanol–water partition coefficient (Wildman–Crippen LogP) is 3.99. The van der Waals surface area contributed by atoms with Gasteiger partial charge in [0.25, 0.3) is 5.91 Å². The van der Waals surface area contributed by atoms with E-state index in [1.807, 2.05) is 0 Å². The first-order valence-corrected chi connectivity index (χ1v) is 7.66. The molecular weight excluding hydrogens is 353 g/mol. The number of halogens is 2. The van der Waals surface area contributed by atoms with Crippen molar-refractivity contribution in [3.05, 3.63) is 63.6 Å². The molecule has 24 heavy (non-hydrogen) atoms. The average molecular weight is 366 g/mol. The van der Waals surface area contributed by atoms with Gasteiger partial charge < -0.3 is 10.1 Å². The fraction of sp³-hybridized carbons (Fsp3) is 0.118. The van der Waals surface area contributed by atoms with Crippen molar-refractivity contribution in [2.45, 2.75) is 6.92 Å². The van der Waals surface area contributed by atoms with Crippen LogP contribution in [0.3, 0.4) is 0 Å². The fourth-order valence-electron chi connectivity index (χ4n) is 1.91. The highest BCUT2D eigenvalue weighted by Gasteiger charge is 2.17. The van der Waals surface area contributed by atoms with Crippen LogP contribution in [0.2, 0.25) is 10.0 Å². The molecule has 2 aromatic rings. The van der Waals surface area contributed by atoms with Crippen molar-refractivity contribution < 1.29 is 19.1 Å². The van der Waals surface area contributed by atoms with Gasteiger partial charge in [-0.3, -0.25) is 9.59 Å². The number of hydrogen-bond donors (Lipinski definition) is 1. The van der Waals surface area contributed by atoms with Crippen LogP contribution in [0.4, 0.5) is 5.69 Å². The van der Waals surface area contributed by atoms with E-state index in [1.54, 1.807) is 24.3 Å². The Balaban J connectivity index is 1.97. The topological polar surface area (TPSA) is 72.5 Å². The van der Waals surface area contributed by atoms with E-state index in [4.69, 9.17) is 27.9 Å². The summed E-state index contributed by atoms with van der Waals surface area (Å²) in [7, 11) is 0. The van der Waals surface area contributed by atoms with Gasteiger partial charge in [-0.25, -0.2) is 4.79 Å². The predicted molar refractivity (Wildman–Crippen MR) is 91.8 cm³/mol. The summed E-state index contributed by atoms with van der Waals surface area (Å²) in [5.74, 6) is -1.46. The number of carbonyl (C=O) groups is 3. The van der Waals surface area contributed by atoms with Crippen molar-refractivity contribution in [1.82, 2.24) is 0 Å². The largest absolute Gasteiger partial charge is 0.452 e. The summed E-state index contributed by atoms with van der Waals surface area (Å²) in [5.41, 5.74) is 0.902. The number of nitrogens with one attached hydrogen (secondary N) is 1. The lowest BCUT2D eigenvalue weighted by molar-refractivity contribution is -0.119. The zero-order valence-electron chi connectivity index (χ0n) is 12.6. The SMILES string of the molecule is CC(=O)c1cccc(NC(=O)COC(=O)c2c(Cl)cccc2Cl)c1. The molecule has 0 bridgehead atoms. The van der Waals surface area contributed by atoms with Gasteiger partial charge in [0.05, 0.1) is 15.6 Å². The number of esters is 1. The van der Waals surface area contributed by atoms with Crippen LogP contribution in [-0.4, -0.2) is 24.3 Å². The van der Waals surface area contributed by atoms with Crippen LogP contribution >= 0.6 is 23.2 Å². The van der Waals surface area contributed by atoms with E-state index in [2.05, 4.69) is 5.32 Å². The highest BCUT2D eigenvalue weighted by Crippen LogP contribution is 2.24. The van der Waals surface area contributed by atoms with E-state index >= 15 is 0 Å². The van der Waals surface area contributed by atoms with Crippen LogP contribution < -0.4 is 5.32 Å². The normalized spacial score (nSPS) is 10.1. The van der Waals surface area contributed by atoms with Gasteiger partial charge in [-0.05, 0) is 31.2 Å². The minimum Gasteiger partial charge on any atom is -0.452 e. The van der Waals surface area contributed by atoms with Crippen molar-refractivity contribution in [2.75, 3.05) is 11.9 Å². The summed E-state index contributed by atoms with van der Waals surface area (Å²) in [6, 6.07) is 11.0. The Kier molecular flexibility index (Phi) is 5.95. The molecule has 0 heterocycles. The highest BCUT2D eigenvalue weighted by atomic mass is 35.5. The lowest BCUT2D eigenvalue weighted by atomic mass is 10.1. The van der Waals surface area contributed by atoms with Gasteiger partial charge >= 0.3 is 5.97 Å². The third-order valence-electron chi connectivity index (χ3n) is 3.05. The molecule has 0 spiro atoms. The number of benzene rings is 2. The van der Waals surface area contributed by atoms with Gasteiger partial charge in [-0.1, -0.05) is 41.4 Å². The van der Waals surface area contributed by atoms with Crippen molar-refractivity contribution in [2.24, 2.45) is 0 Å². The van der Waals surface area contributed by atoms with Gasteiger partial charge in [0, 0.05) is 11.3 Å². The van der Waals surface area contributed by atoms with Crippen LogP contribution in [-0.2, 0) is 9.53 Å². The number of ether oxygens (including phenoxy) is 1. The van der Waals surface area contributed by atoms with Gasteiger partial charge in [0.15, 0.2) is 12.4 Å². The molecule has 124 valence electrons. The Morgan fingerprint density at radius 1 is 1.04 bits per heavy atom. The standard InChI is InChI=1S/C17H13Cl2NO4/c1-10(21)11-4-2-5-12(8-11)20-15(22)9-24-17(23)16-13(18)6-3-7-14(16)19/h2-8H,9H2,1H3,(H,20,22). The van der Waals surface area contributed by atoms with Crippen LogP contribution in [0.1, 0.15) is 27.6 Å². The molecule has 2 rings (SSSR count). The molecule has 0 aliphatic carbocycles. The number of hydrogen-bond acceptors (Lipinski definition) is 4. The Bertz CT molecular complexity index is 785. The first-order valence-electron chi connectivity index (χ1n) is 6.90. The zero-order chi connectivity index (χ0) is 17.7. The molecule has 1 N–H and O–H groups in total. The van der Waals surface area contributed by atoms with Gasteiger partial charge in [-0.15, -0.1) is 0 Å². The van der Waals surface area contributed by atoms with Crippen LogP contribution in [0.15, 0.2) is 42.5 Å². The second kappa shape index (κ2) is 7.95. The number of Topliss-reactive ketones (excluding diaryl/α,β-unsaturated/α-hetero) is 1. The third kappa shape index (κ3) is 4.57. The number of anilines is 1. The summed E-state index contributed by atoms with van der Waals surface area (Å²) in [4.78, 5) is 35.1. The Hall–Kier alpha value is -2.37. The van der Waals surface area contributed by atoms with Crippen LogP contribution in [0, 0.1) is 0 Å². The molecule has 0 aliphatic rings. The molecule has 2 aromatic carbocycles. The Morgan fingerprint density at radius 3 is 2.29 bits per heavy atom. The van der Waals surface area contributed by atoms with Gasteiger partial charge in [0.1, 0.15) is 0 Å².